The summed E-state index contributed by atoms with van der Waals surface area (Å²) >= 11 is 0. The molecular formula is C12H24N6O2. The van der Waals surface area contributed by atoms with Crippen molar-refractivity contribution in [2.75, 3.05) is 19.7 Å². The Kier molecular flexibility index (Phi) is 7.13. The maximum Gasteiger partial charge on any atom is 0.287 e. The molecular weight excluding hydrogens is 260 g/mol. The van der Waals surface area contributed by atoms with Crippen LogP contribution in [0.25, 0.3) is 0 Å². The summed E-state index contributed by atoms with van der Waals surface area (Å²) in [6, 6.07) is 0.442. The predicted molar refractivity (Wildman–Crippen MR) is 74.7 cm³/mol. The summed E-state index contributed by atoms with van der Waals surface area (Å²) in [4.78, 5) is 13.5. The van der Waals surface area contributed by atoms with Gasteiger partial charge in [0.2, 0.25) is 0 Å². The number of amides is 1. The highest BCUT2D eigenvalue weighted by Crippen LogP contribution is 2.08. The SMILES string of the molecule is CCC(CC)N(CCO)CCn1cc(C(=O)NN)nn1. The molecule has 0 radical (unpaired) electrons. The number of rotatable bonds is 9. The van der Waals surface area contributed by atoms with Gasteiger partial charge in [-0.05, 0) is 12.8 Å². The van der Waals surface area contributed by atoms with Gasteiger partial charge < -0.3 is 5.11 Å². The molecule has 0 unspecified atom stereocenters. The Hall–Kier alpha value is -1.51. The van der Waals surface area contributed by atoms with Gasteiger partial charge in [-0.2, -0.15) is 0 Å². The molecule has 1 aromatic heterocycles. The molecule has 0 saturated heterocycles. The second kappa shape index (κ2) is 8.62. The van der Waals surface area contributed by atoms with Gasteiger partial charge in [0, 0.05) is 19.1 Å². The summed E-state index contributed by atoms with van der Waals surface area (Å²) in [5.74, 6) is 4.58. The number of nitrogens with zero attached hydrogens (tertiary/aromatic N) is 4. The number of hydrazine groups is 1. The summed E-state index contributed by atoms with van der Waals surface area (Å²) in [6.45, 7) is 6.41. The van der Waals surface area contributed by atoms with Gasteiger partial charge in [0.1, 0.15) is 0 Å². The molecule has 1 aromatic rings. The lowest BCUT2D eigenvalue weighted by Gasteiger charge is -2.29. The zero-order valence-electron chi connectivity index (χ0n) is 12.1. The first-order valence-electron chi connectivity index (χ1n) is 6.92. The standard InChI is InChI=1S/C12H24N6O2/c1-3-10(4-2)17(7-8-19)5-6-18-9-11(15-16-18)12(20)14-13/h9-10,19H,3-8,13H2,1-2H3,(H,14,20). The first-order chi connectivity index (χ1) is 9.65. The lowest BCUT2D eigenvalue weighted by Crippen LogP contribution is -2.39. The molecule has 114 valence electrons. The Morgan fingerprint density at radius 2 is 2.20 bits per heavy atom. The number of nitrogens with two attached hydrogens (primary N) is 1. The van der Waals surface area contributed by atoms with Crippen molar-refractivity contribution < 1.29 is 9.90 Å². The number of hydrogen-bond donors (Lipinski definition) is 3. The van der Waals surface area contributed by atoms with Gasteiger partial charge in [0.05, 0.1) is 19.3 Å². The van der Waals surface area contributed by atoms with Crippen molar-refractivity contribution in [3.8, 4) is 0 Å². The molecule has 0 aliphatic heterocycles. The van der Waals surface area contributed by atoms with E-state index in [-0.39, 0.29) is 12.3 Å². The summed E-state index contributed by atoms with van der Waals surface area (Å²) in [6.07, 6.45) is 3.63. The molecule has 1 heterocycles. The topological polar surface area (TPSA) is 109 Å². The van der Waals surface area contributed by atoms with Crippen molar-refractivity contribution in [2.45, 2.75) is 39.3 Å². The fourth-order valence-electron chi connectivity index (χ4n) is 2.23. The highest BCUT2D eigenvalue weighted by Gasteiger charge is 2.15. The molecule has 0 spiro atoms. The van der Waals surface area contributed by atoms with E-state index in [1.165, 1.54) is 0 Å². The average Bonchev–Trinajstić information content (AvgIpc) is 2.94. The zero-order valence-corrected chi connectivity index (χ0v) is 12.1. The van der Waals surface area contributed by atoms with Crippen LogP contribution in [0.5, 0.6) is 0 Å². The number of aromatic nitrogens is 3. The first kappa shape index (κ1) is 16.5. The lowest BCUT2D eigenvalue weighted by molar-refractivity contribution is 0.0948. The van der Waals surface area contributed by atoms with Crippen molar-refractivity contribution in [2.24, 2.45) is 5.84 Å². The van der Waals surface area contributed by atoms with Crippen LogP contribution in [0.3, 0.4) is 0 Å². The van der Waals surface area contributed by atoms with Crippen LogP contribution in [0.2, 0.25) is 0 Å². The van der Waals surface area contributed by atoms with Crippen molar-refractivity contribution in [1.82, 2.24) is 25.3 Å². The maximum absolute atomic E-state index is 11.3. The van der Waals surface area contributed by atoms with Gasteiger partial charge in [0.15, 0.2) is 5.69 Å². The largest absolute Gasteiger partial charge is 0.395 e. The van der Waals surface area contributed by atoms with E-state index in [0.29, 0.717) is 19.1 Å². The molecule has 1 rings (SSSR count). The third-order valence-corrected chi connectivity index (χ3v) is 3.36. The van der Waals surface area contributed by atoms with E-state index in [2.05, 4.69) is 29.1 Å². The molecule has 0 bridgehead atoms. The van der Waals surface area contributed by atoms with Crippen LogP contribution in [0, 0.1) is 0 Å². The summed E-state index contributed by atoms with van der Waals surface area (Å²) in [5, 5.41) is 16.8. The second-order valence-corrected chi connectivity index (χ2v) is 4.57. The quantitative estimate of drug-likeness (QED) is 0.316. The molecule has 20 heavy (non-hydrogen) atoms. The minimum Gasteiger partial charge on any atom is -0.395 e. The Labute approximate surface area is 118 Å². The van der Waals surface area contributed by atoms with E-state index in [1.807, 2.05) is 5.43 Å². The normalized spacial score (nSPS) is 11.3. The molecule has 8 heteroatoms. The fraction of sp³-hybridized carbons (Fsp3) is 0.750. The van der Waals surface area contributed by atoms with E-state index in [0.717, 1.165) is 19.4 Å². The van der Waals surface area contributed by atoms with Crippen LogP contribution in [-0.2, 0) is 6.54 Å². The molecule has 0 saturated carbocycles. The highest BCUT2D eigenvalue weighted by molar-refractivity contribution is 5.91. The van der Waals surface area contributed by atoms with Crippen molar-refractivity contribution in [1.29, 1.82) is 0 Å². The summed E-state index contributed by atoms with van der Waals surface area (Å²) < 4.78 is 1.61. The molecule has 0 aliphatic rings. The van der Waals surface area contributed by atoms with Crippen LogP contribution in [-0.4, -0.2) is 56.6 Å². The van der Waals surface area contributed by atoms with Crippen LogP contribution in [0.15, 0.2) is 6.20 Å². The van der Waals surface area contributed by atoms with Gasteiger partial charge in [-0.3, -0.25) is 19.8 Å². The van der Waals surface area contributed by atoms with Gasteiger partial charge in [0.25, 0.3) is 5.91 Å². The first-order valence-corrected chi connectivity index (χ1v) is 6.92. The smallest absolute Gasteiger partial charge is 0.287 e. The van der Waals surface area contributed by atoms with E-state index < -0.39 is 5.91 Å². The number of nitrogens with one attached hydrogen (secondary N) is 1. The van der Waals surface area contributed by atoms with Gasteiger partial charge in [-0.1, -0.05) is 19.1 Å². The van der Waals surface area contributed by atoms with E-state index in [1.54, 1.807) is 10.9 Å². The van der Waals surface area contributed by atoms with Crippen LogP contribution < -0.4 is 11.3 Å². The number of hydrogen-bond acceptors (Lipinski definition) is 6. The predicted octanol–water partition coefficient (Wildman–Crippen LogP) is -0.635. The molecule has 0 aromatic carbocycles. The molecule has 0 fully saturated rings. The van der Waals surface area contributed by atoms with Gasteiger partial charge in [-0.15, -0.1) is 5.10 Å². The number of nitrogen functional groups attached to an aromatic ring is 1. The number of carbonyl (C=O) groups is 1. The summed E-state index contributed by atoms with van der Waals surface area (Å²) in [5.41, 5.74) is 2.22. The van der Waals surface area contributed by atoms with Crippen LogP contribution in [0.4, 0.5) is 0 Å². The monoisotopic (exact) mass is 284 g/mol. The van der Waals surface area contributed by atoms with Gasteiger partial charge >= 0.3 is 0 Å². The Morgan fingerprint density at radius 3 is 2.75 bits per heavy atom. The molecule has 0 atom stereocenters. The van der Waals surface area contributed by atoms with E-state index >= 15 is 0 Å². The summed E-state index contributed by atoms with van der Waals surface area (Å²) in [7, 11) is 0. The van der Waals surface area contributed by atoms with Crippen molar-refractivity contribution >= 4 is 5.91 Å². The third-order valence-electron chi connectivity index (χ3n) is 3.36. The number of aliphatic hydroxyl groups excluding tert-OH is 1. The van der Waals surface area contributed by atoms with Crippen molar-refractivity contribution in [3.63, 3.8) is 0 Å². The Balaban J connectivity index is 2.58. The fourth-order valence-corrected chi connectivity index (χ4v) is 2.23. The van der Waals surface area contributed by atoms with Gasteiger partial charge in [-0.25, -0.2) is 5.84 Å². The zero-order chi connectivity index (χ0) is 15.0. The van der Waals surface area contributed by atoms with Crippen molar-refractivity contribution in [3.05, 3.63) is 11.9 Å². The maximum atomic E-state index is 11.3. The second-order valence-electron chi connectivity index (χ2n) is 4.57. The molecule has 0 aliphatic carbocycles. The molecule has 8 nitrogen and oxygen atoms in total. The van der Waals surface area contributed by atoms with Crippen LogP contribution >= 0.6 is 0 Å². The Bertz CT molecular complexity index is 404. The number of aliphatic hydroxyl groups is 1. The minimum absolute atomic E-state index is 0.134. The average molecular weight is 284 g/mol. The number of carbonyl (C=O) groups excluding carboxylic acids is 1. The highest BCUT2D eigenvalue weighted by atomic mass is 16.3. The third kappa shape index (κ3) is 4.55. The van der Waals surface area contributed by atoms with E-state index in [4.69, 9.17) is 10.9 Å². The Morgan fingerprint density at radius 1 is 1.50 bits per heavy atom. The van der Waals surface area contributed by atoms with Crippen LogP contribution in [0.1, 0.15) is 37.2 Å². The minimum atomic E-state index is -0.455. The lowest BCUT2D eigenvalue weighted by atomic mass is 10.1. The molecule has 1 amide bonds. The molecule has 4 N–H and O–H groups in total. The van der Waals surface area contributed by atoms with E-state index in [9.17, 15) is 4.79 Å².